The number of hydrogen-bond acceptors (Lipinski definition) is 9. The predicted molar refractivity (Wildman–Crippen MR) is 156 cm³/mol. The number of hydrogen-bond donors (Lipinski definition) is 1. The van der Waals surface area contributed by atoms with Gasteiger partial charge in [-0.15, -0.1) is 13.2 Å². The summed E-state index contributed by atoms with van der Waals surface area (Å²) in [6.07, 6.45) is 2.07. The van der Waals surface area contributed by atoms with Crippen LogP contribution in [0.3, 0.4) is 0 Å². The normalized spacial score (nSPS) is 16.3. The Morgan fingerprint density at radius 1 is 0.976 bits per heavy atom. The fourth-order valence-corrected chi connectivity index (χ4v) is 4.63. The van der Waals surface area contributed by atoms with Gasteiger partial charge < -0.3 is 24.2 Å². The highest BCUT2D eigenvalue weighted by Gasteiger charge is 2.33. The van der Waals surface area contributed by atoms with Crippen molar-refractivity contribution in [2.24, 2.45) is 22.9 Å². The van der Waals surface area contributed by atoms with Crippen LogP contribution >= 0.6 is 0 Å². The first-order chi connectivity index (χ1) is 19.9. The average molecular weight is 564 g/mol. The summed E-state index contributed by atoms with van der Waals surface area (Å²) in [5.74, 6) is -3.87. The fourth-order valence-electron chi connectivity index (χ4n) is 4.63. The minimum absolute atomic E-state index is 0.0555. The third kappa shape index (κ3) is 8.70. The molecular weight excluding hydrogens is 526 g/mol. The second kappa shape index (κ2) is 15.6. The van der Waals surface area contributed by atoms with E-state index in [4.69, 9.17) is 24.2 Å². The molecule has 1 saturated heterocycles. The highest BCUT2D eigenvalue weighted by Crippen LogP contribution is 2.28. The first kappa shape index (κ1) is 31.4. The standard InChI is InChI=1S/C30H33NO8.C2H4/c1-3-20(29(34)37-17-24-16-36-24)13-23(30(35)38-18-32)12-19(2)28(33)39-31-15-27-25-10-6-4-8-21(25)14-22-9-5-7-11-26(22)27;1-2/h4-11,14-15,19-20,23-24,32H,3,12-13,16-18H2,1-2H3;1-2H2/b31-15+;. The first-order valence-electron chi connectivity index (χ1n) is 13.6. The molecule has 0 aromatic heterocycles. The number of carbonyl (C=O) groups is 3. The Kier molecular flexibility index (Phi) is 12.0. The maximum atomic E-state index is 12.8. The average Bonchev–Trinajstić information content (AvgIpc) is 3.83. The van der Waals surface area contributed by atoms with Gasteiger partial charge in [-0.05, 0) is 46.9 Å². The Labute approximate surface area is 239 Å². The number of aliphatic hydroxyl groups excluding tert-OH is 1. The second-order valence-corrected chi connectivity index (χ2v) is 9.73. The van der Waals surface area contributed by atoms with Crippen LogP contribution in [0.2, 0.25) is 0 Å². The number of esters is 2. The lowest BCUT2D eigenvalue weighted by atomic mass is 9.86. The third-order valence-electron chi connectivity index (χ3n) is 6.93. The Hall–Kier alpha value is -4.08. The Balaban J connectivity index is 0.00000226. The summed E-state index contributed by atoms with van der Waals surface area (Å²) in [6, 6.07) is 17.9. The van der Waals surface area contributed by atoms with Crippen molar-refractivity contribution in [3.8, 4) is 0 Å². The summed E-state index contributed by atoms with van der Waals surface area (Å²) in [5.41, 5.74) is 0.828. The van der Waals surface area contributed by atoms with Crippen molar-refractivity contribution in [2.45, 2.75) is 39.2 Å². The van der Waals surface area contributed by atoms with Gasteiger partial charge in [0, 0.05) is 5.56 Å². The largest absolute Gasteiger partial charge is 0.463 e. The smallest absolute Gasteiger partial charge is 0.337 e. The third-order valence-corrected chi connectivity index (χ3v) is 6.93. The van der Waals surface area contributed by atoms with Crippen LogP contribution in [0.4, 0.5) is 0 Å². The molecule has 218 valence electrons. The van der Waals surface area contributed by atoms with Crippen LogP contribution in [0.5, 0.6) is 0 Å². The summed E-state index contributed by atoms with van der Waals surface area (Å²) in [6.45, 7) is 9.38. The topological polar surface area (TPSA) is 124 Å². The van der Waals surface area contributed by atoms with Gasteiger partial charge in [0.15, 0.2) is 6.79 Å². The van der Waals surface area contributed by atoms with E-state index in [1.165, 1.54) is 6.21 Å². The molecule has 0 saturated carbocycles. The van der Waals surface area contributed by atoms with Gasteiger partial charge in [-0.1, -0.05) is 67.5 Å². The lowest BCUT2D eigenvalue weighted by molar-refractivity contribution is -0.160. The molecule has 3 aromatic carbocycles. The molecule has 41 heavy (non-hydrogen) atoms. The number of carbonyl (C=O) groups excluding carboxylic acids is 3. The van der Waals surface area contributed by atoms with E-state index in [1.54, 1.807) is 6.92 Å². The van der Waals surface area contributed by atoms with Crippen LogP contribution in [0.15, 0.2) is 72.9 Å². The van der Waals surface area contributed by atoms with E-state index < -0.39 is 42.5 Å². The molecule has 1 aliphatic heterocycles. The van der Waals surface area contributed by atoms with Crippen LogP contribution in [0.1, 0.15) is 38.7 Å². The molecule has 4 atom stereocenters. The van der Waals surface area contributed by atoms with Gasteiger partial charge in [-0.25, -0.2) is 4.79 Å². The van der Waals surface area contributed by atoms with Crippen LogP contribution < -0.4 is 0 Å². The highest BCUT2D eigenvalue weighted by atomic mass is 16.7. The maximum Gasteiger partial charge on any atom is 0.337 e. The van der Waals surface area contributed by atoms with Crippen molar-refractivity contribution in [1.82, 2.24) is 0 Å². The van der Waals surface area contributed by atoms with Gasteiger partial charge in [0.2, 0.25) is 0 Å². The second-order valence-electron chi connectivity index (χ2n) is 9.73. The minimum atomic E-state index is -0.819. The summed E-state index contributed by atoms with van der Waals surface area (Å²) in [5, 5.41) is 17.1. The highest BCUT2D eigenvalue weighted by molar-refractivity contribution is 6.13. The van der Waals surface area contributed by atoms with Crippen molar-refractivity contribution in [2.75, 3.05) is 20.0 Å². The SMILES string of the molecule is C=C.CCC(CC(CC(C)C(=O)O/N=C/c1c2ccccc2cc2ccccc12)C(=O)OCO)C(=O)OCC1CO1. The molecule has 1 heterocycles. The molecule has 9 nitrogen and oxygen atoms in total. The molecule has 1 N–H and O–H groups in total. The Morgan fingerprint density at radius 3 is 2.12 bits per heavy atom. The van der Waals surface area contributed by atoms with E-state index in [9.17, 15) is 14.4 Å². The van der Waals surface area contributed by atoms with Crippen LogP contribution in [0.25, 0.3) is 21.5 Å². The van der Waals surface area contributed by atoms with Crippen LogP contribution in [-0.4, -0.2) is 55.3 Å². The van der Waals surface area contributed by atoms with E-state index in [-0.39, 0.29) is 25.6 Å². The van der Waals surface area contributed by atoms with Gasteiger partial charge in [0.05, 0.1) is 30.6 Å². The van der Waals surface area contributed by atoms with Gasteiger partial charge >= 0.3 is 17.9 Å². The molecule has 9 heteroatoms. The Morgan fingerprint density at radius 2 is 1.56 bits per heavy atom. The molecule has 0 bridgehead atoms. The molecule has 0 aliphatic carbocycles. The zero-order valence-corrected chi connectivity index (χ0v) is 23.5. The van der Waals surface area contributed by atoms with Gasteiger partial charge in [-0.2, -0.15) is 0 Å². The van der Waals surface area contributed by atoms with Crippen LogP contribution in [0, 0.1) is 17.8 Å². The zero-order valence-electron chi connectivity index (χ0n) is 23.5. The number of rotatable bonds is 13. The van der Waals surface area contributed by atoms with Crippen molar-refractivity contribution in [3.63, 3.8) is 0 Å². The van der Waals surface area contributed by atoms with E-state index >= 15 is 0 Å². The molecule has 0 amide bonds. The number of nitrogens with zero attached hydrogens (tertiary/aromatic N) is 1. The summed E-state index contributed by atoms with van der Waals surface area (Å²) in [4.78, 5) is 43.1. The number of aliphatic hydroxyl groups is 1. The predicted octanol–water partition coefficient (Wildman–Crippen LogP) is 5.17. The molecular formula is C32H37NO8. The molecule has 4 unspecified atom stereocenters. The molecule has 1 fully saturated rings. The van der Waals surface area contributed by atoms with E-state index in [0.717, 1.165) is 27.1 Å². The molecule has 0 radical (unpaired) electrons. The number of oxime groups is 1. The number of ether oxygens (including phenoxy) is 3. The minimum Gasteiger partial charge on any atom is -0.463 e. The monoisotopic (exact) mass is 563 g/mol. The van der Waals surface area contributed by atoms with Gasteiger partial charge in [0.25, 0.3) is 0 Å². The zero-order chi connectivity index (χ0) is 29.8. The summed E-state index contributed by atoms with van der Waals surface area (Å²) < 4.78 is 15.2. The number of benzene rings is 3. The van der Waals surface area contributed by atoms with Crippen molar-refractivity contribution < 1.29 is 38.5 Å². The fraction of sp³-hybridized carbons (Fsp3) is 0.375. The number of epoxide rings is 1. The Bertz CT molecular complexity index is 1310. The van der Waals surface area contributed by atoms with E-state index in [0.29, 0.717) is 13.0 Å². The number of fused-ring (bicyclic) bond motifs is 2. The van der Waals surface area contributed by atoms with Crippen LogP contribution in [-0.2, 0) is 33.4 Å². The molecule has 1 aliphatic rings. The summed E-state index contributed by atoms with van der Waals surface area (Å²) in [7, 11) is 0. The van der Waals surface area contributed by atoms with Crippen molar-refractivity contribution in [1.29, 1.82) is 0 Å². The van der Waals surface area contributed by atoms with Gasteiger partial charge in [0.1, 0.15) is 12.7 Å². The quantitative estimate of drug-likeness (QED) is 0.0442. The van der Waals surface area contributed by atoms with Gasteiger partial charge in [-0.3, -0.25) is 9.59 Å². The molecule has 3 aromatic rings. The van der Waals surface area contributed by atoms with Crippen molar-refractivity contribution in [3.05, 3.63) is 73.3 Å². The van der Waals surface area contributed by atoms with Crippen molar-refractivity contribution >= 4 is 45.7 Å². The van der Waals surface area contributed by atoms with E-state index in [2.05, 4.69) is 24.4 Å². The molecule has 0 spiro atoms. The molecule has 4 rings (SSSR count). The lowest BCUT2D eigenvalue weighted by Gasteiger charge is -2.22. The lowest BCUT2D eigenvalue weighted by Crippen LogP contribution is -2.29. The van der Waals surface area contributed by atoms with E-state index in [1.807, 2.05) is 55.5 Å². The first-order valence-corrected chi connectivity index (χ1v) is 13.6. The maximum absolute atomic E-state index is 12.8. The summed E-state index contributed by atoms with van der Waals surface area (Å²) >= 11 is 0.